The van der Waals surface area contributed by atoms with Crippen molar-refractivity contribution in [3.63, 3.8) is 0 Å². The third-order valence-corrected chi connectivity index (χ3v) is 11.6. The van der Waals surface area contributed by atoms with E-state index in [4.69, 9.17) is 23.3 Å². The van der Waals surface area contributed by atoms with Crippen molar-refractivity contribution in [2.75, 3.05) is 26.4 Å². The molecule has 0 saturated heterocycles. The topological polar surface area (TPSA) is 155 Å². The molecule has 0 aromatic heterocycles. The van der Waals surface area contributed by atoms with Gasteiger partial charge in [0.15, 0.2) is 6.10 Å². The Balaban J connectivity index is 4.96. The molecule has 0 aromatic carbocycles. The van der Waals surface area contributed by atoms with Crippen molar-refractivity contribution >= 4 is 25.7 Å². The van der Waals surface area contributed by atoms with Gasteiger partial charge in [0.25, 0.3) is 0 Å². The molecule has 0 amide bonds. The van der Waals surface area contributed by atoms with Gasteiger partial charge >= 0.3 is 25.7 Å². The van der Waals surface area contributed by atoms with Crippen molar-refractivity contribution in [1.82, 2.24) is 0 Å². The Hall–Kier alpha value is -4.38. The molecule has 0 saturated carbocycles. The second-order valence-corrected chi connectivity index (χ2v) is 18.8. The van der Waals surface area contributed by atoms with E-state index < -0.39 is 64.4 Å². The molecule has 0 spiro atoms. The number of ether oxygens (including phenoxy) is 3. The fourth-order valence-corrected chi connectivity index (χ4v) is 7.34. The van der Waals surface area contributed by atoms with E-state index in [0.717, 1.165) is 89.9 Å². The van der Waals surface area contributed by atoms with E-state index in [1.165, 1.54) is 38.5 Å². The molecule has 72 heavy (non-hydrogen) atoms. The molecule has 3 atom stereocenters. The number of allylic oxidation sites excluding steroid dienone is 20. The molecule has 0 fully saturated rings. The first-order valence-electron chi connectivity index (χ1n) is 27.1. The number of carbonyl (C=O) groups is 3. The maximum Gasteiger partial charge on any atom is 0.472 e. The molecule has 0 aliphatic rings. The Labute approximate surface area is 436 Å². The Bertz CT molecular complexity index is 1710. The number of phosphoric acid groups is 1. The number of esters is 3. The van der Waals surface area contributed by atoms with Gasteiger partial charge in [-0.1, -0.05) is 206 Å². The van der Waals surface area contributed by atoms with E-state index in [2.05, 4.69) is 106 Å². The molecular weight excluding hydrogens is 928 g/mol. The van der Waals surface area contributed by atoms with Crippen LogP contribution in [0.4, 0.5) is 0 Å². The van der Waals surface area contributed by atoms with Crippen LogP contribution >= 0.6 is 7.82 Å². The number of hydrogen-bond donors (Lipinski definition) is 2. The van der Waals surface area contributed by atoms with Crippen LogP contribution in [-0.2, 0) is 42.2 Å². The van der Waals surface area contributed by atoms with E-state index in [1.807, 2.05) is 36.5 Å². The summed E-state index contributed by atoms with van der Waals surface area (Å²) < 4.78 is 39.1. The molecular formula is C60H95O11P. The van der Waals surface area contributed by atoms with Gasteiger partial charge < -0.3 is 24.2 Å². The molecule has 11 nitrogen and oxygen atoms in total. The maximum atomic E-state index is 12.9. The lowest BCUT2D eigenvalue weighted by atomic mass is 10.1. The van der Waals surface area contributed by atoms with Crippen LogP contribution in [-0.4, -0.2) is 66.5 Å². The van der Waals surface area contributed by atoms with Crippen molar-refractivity contribution in [2.45, 2.75) is 200 Å². The van der Waals surface area contributed by atoms with Crippen molar-refractivity contribution in [1.29, 1.82) is 0 Å². The highest BCUT2D eigenvalue weighted by molar-refractivity contribution is 7.47. The summed E-state index contributed by atoms with van der Waals surface area (Å²) in [7, 11) is -4.80. The number of aliphatic hydroxyl groups excluding tert-OH is 1. The molecule has 2 N–H and O–H groups in total. The van der Waals surface area contributed by atoms with Gasteiger partial charge in [0, 0.05) is 6.42 Å². The monoisotopic (exact) mass is 1020 g/mol. The minimum atomic E-state index is -4.80. The standard InChI is InChI=1S/C60H95O11P/c1-4-7-10-13-16-19-22-25-28-31-34-37-40-43-46-49-58(62)67-53-57(71-60(64)51-48-45-42-39-36-33-30-27-24-21-18-15-12-9-6-3)55-69-72(65,66)68-54-56(52-61)70-59(63)50-47-44-41-38-35-32-29-26-23-20-17-14-11-8-5-2/h8-9,11-12,17-18,20-21,25-30,35-36,38-39,44-45,47-48,56-57,61H,4-7,10,13-16,19,22-24,31-34,37,40-43,46,49-55H2,1-3H3,(H,65,66)/b11-8-,12-9-,20-17-,21-18-,28-25-,29-26-,30-27-,38-35-,39-36-,47-44-,48-45-. The number of unbranched alkanes of at least 4 members (excludes halogenated alkanes) is 11. The molecule has 0 aliphatic carbocycles. The molecule has 12 heteroatoms. The fourth-order valence-electron chi connectivity index (χ4n) is 6.56. The Kier molecular flexibility index (Phi) is 49.7. The zero-order valence-corrected chi connectivity index (χ0v) is 45.5. The zero-order chi connectivity index (χ0) is 52.7. The van der Waals surface area contributed by atoms with Crippen LogP contribution in [0.3, 0.4) is 0 Å². The summed E-state index contributed by atoms with van der Waals surface area (Å²) in [6, 6.07) is 0. The highest BCUT2D eigenvalue weighted by Crippen LogP contribution is 2.43. The van der Waals surface area contributed by atoms with Crippen LogP contribution in [0.5, 0.6) is 0 Å². The first-order chi connectivity index (χ1) is 35.2. The lowest BCUT2D eigenvalue weighted by Crippen LogP contribution is -2.30. The van der Waals surface area contributed by atoms with Crippen LogP contribution < -0.4 is 0 Å². The molecule has 0 aromatic rings. The molecule has 0 bridgehead atoms. The highest BCUT2D eigenvalue weighted by Gasteiger charge is 2.28. The average Bonchev–Trinajstić information content (AvgIpc) is 3.37. The smallest absolute Gasteiger partial charge is 0.462 e. The zero-order valence-electron chi connectivity index (χ0n) is 44.6. The van der Waals surface area contributed by atoms with Gasteiger partial charge in [0.05, 0.1) is 32.7 Å². The van der Waals surface area contributed by atoms with Gasteiger partial charge in [0.2, 0.25) is 0 Å². The lowest BCUT2D eigenvalue weighted by molar-refractivity contribution is -0.160. The Morgan fingerprint density at radius 3 is 1.17 bits per heavy atom. The van der Waals surface area contributed by atoms with Crippen LogP contribution in [0.15, 0.2) is 134 Å². The maximum absolute atomic E-state index is 12.9. The Morgan fingerprint density at radius 1 is 0.417 bits per heavy atom. The second-order valence-electron chi connectivity index (χ2n) is 17.3. The highest BCUT2D eigenvalue weighted by atomic mass is 31.2. The third-order valence-electron chi connectivity index (χ3n) is 10.6. The number of carbonyl (C=O) groups excluding carboxylic acids is 3. The van der Waals surface area contributed by atoms with Crippen LogP contribution in [0.2, 0.25) is 0 Å². The van der Waals surface area contributed by atoms with Crippen LogP contribution in [0.1, 0.15) is 188 Å². The minimum absolute atomic E-state index is 0.0695. The third kappa shape index (κ3) is 50.6. The fraction of sp³-hybridized carbons (Fsp3) is 0.583. The van der Waals surface area contributed by atoms with Crippen molar-refractivity contribution in [2.24, 2.45) is 0 Å². The predicted molar refractivity (Wildman–Crippen MR) is 297 cm³/mol. The molecule has 0 radical (unpaired) electrons. The summed E-state index contributed by atoms with van der Waals surface area (Å²) in [6.45, 7) is 4.15. The van der Waals surface area contributed by atoms with Gasteiger partial charge in [-0.2, -0.15) is 0 Å². The summed E-state index contributed by atoms with van der Waals surface area (Å²) in [5.74, 6) is -1.78. The van der Waals surface area contributed by atoms with Gasteiger partial charge in [-0.3, -0.25) is 23.4 Å². The number of phosphoric ester groups is 1. The number of aliphatic hydroxyl groups is 1. The van der Waals surface area contributed by atoms with E-state index in [0.29, 0.717) is 19.3 Å². The number of hydrogen-bond acceptors (Lipinski definition) is 10. The molecule has 406 valence electrons. The summed E-state index contributed by atoms with van der Waals surface area (Å²) >= 11 is 0. The lowest BCUT2D eigenvalue weighted by Gasteiger charge is -2.21. The normalized spacial score (nSPS) is 14.5. The quantitative estimate of drug-likeness (QED) is 0.0197. The van der Waals surface area contributed by atoms with E-state index in [-0.39, 0.29) is 19.3 Å². The van der Waals surface area contributed by atoms with Gasteiger partial charge in [-0.05, 0) is 96.3 Å². The van der Waals surface area contributed by atoms with E-state index >= 15 is 0 Å². The molecule has 0 rings (SSSR count). The molecule has 0 heterocycles. The van der Waals surface area contributed by atoms with Gasteiger partial charge in [-0.15, -0.1) is 0 Å². The van der Waals surface area contributed by atoms with Crippen molar-refractivity contribution < 1.29 is 52.2 Å². The van der Waals surface area contributed by atoms with E-state index in [1.54, 1.807) is 12.2 Å². The first-order valence-corrected chi connectivity index (χ1v) is 28.6. The van der Waals surface area contributed by atoms with Crippen LogP contribution in [0, 0.1) is 0 Å². The van der Waals surface area contributed by atoms with E-state index in [9.17, 15) is 28.9 Å². The minimum Gasteiger partial charge on any atom is -0.462 e. The predicted octanol–water partition coefficient (Wildman–Crippen LogP) is 15.8. The van der Waals surface area contributed by atoms with Crippen molar-refractivity contribution in [3.05, 3.63) is 134 Å². The Morgan fingerprint density at radius 2 is 0.764 bits per heavy atom. The summed E-state index contributed by atoms with van der Waals surface area (Å²) in [5, 5.41) is 9.77. The van der Waals surface area contributed by atoms with Gasteiger partial charge in [-0.25, -0.2) is 4.57 Å². The molecule has 3 unspecified atom stereocenters. The molecule has 0 aliphatic heterocycles. The number of rotatable bonds is 48. The largest absolute Gasteiger partial charge is 0.472 e. The van der Waals surface area contributed by atoms with Crippen molar-refractivity contribution in [3.8, 4) is 0 Å². The summed E-state index contributed by atoms with van der Waals surface area (Å²) in [5.41, 5.74) is 0. The van der Waals surface area contributed by atoms with Gasteiger partial charge in [0.1, 0.15) is 12.7 Å². The summed E-state index contributed by atoms with van der Waals surface area (Å²) in [4.78, 5) is 48.3. The SMILES string of the molecule is CC/C=C\C/C=C\C/C=C\C/C=C\C/C=C\CC(=O)OC(CO)COP(=O)(O)OCC(COC(=O)CCCCCCC/C=C\CCCCCCCC)OC(=O)C/C=C\C/C=C\C/C=C\C/C=C\C/C=C\CC. The first kappa shape index (κ1) is 67.6. The summed E-state index contributed by atoms with van der Waals surface area (Å²) in [6.07, 6.45) is 66.2. The van der Waals surface area contributed by atoms with Crippen LogP contribution in [0.25, 0.3) is 0 Å². The second kappa shape index (κ2) is 52.9. The average molecular weight is 1020 g/mol.